The zero-order valence-electron chi connectivity index (χ0n) is 8.27. The van der Waals surface area contributed by atoms with Gasteiger partial charge in [-0.25, -0.2) is 4.68 Å². The molecule has 1 fully saturated rings. The van der Waals surface area contributed by atoms with Crippen molar-refractivity contribution in [2.24, 2.45) is 5.92 Å². The summed E-state index contributed by atoms with van der Waals surface area (Å²) >= 11 is 0. The predicted octanol–water partition coefficient (Wildman–Crippen LogP) is 1.14. The monoisotopic (exact) mass is 180 g/mol. The van der Waals surface area contributed by atoms with Crippen LogP contribution < -0.4 is 4.90 Å². The molecule has 0 spiro atoms. The molecule has 13 heavy (non-hydrogen) atoms. The van der Waals surface area contributed by atoms with Crippen molar-refractivity contribution in [1.29, 1.82) is 0 Å². The Kier molecular flexibility index (Phi) is 2.20. The van der Waals surface area contributed by atoms with Crippen molar-refractivity contribution in [2.75, 3.05) is 18.0 Å². The maximum Gasteiger partial charge on any atom is 0.147 e. The van der Waals surface area contributed by atoms with Crippen molar-refractivity contribution in [3.8, 4) is 0 Å². The van der Waals surface area contributed by atoms with Gasteiger partial charge in [0.05, 0.1) is 6.20 Å². The first-order chi connectivity index (χ1) is 6.27. The van der Waals surface area contributed by atoms with Crippen LogP contribution in [0.3, 0.4) is 0 Å². The summed E-state index contributed by atoms with van der Waals surface area (Å²) in [5, 5.41) is 8.03. The van der Waals surface area contributed by atoms with E-state index in [0.29, 0.717) is 5.92 Å². The smallest absolute Gasteiger partial charge is 0.147 e. The van der Waals surface area contributed by atoms with E-state index in [9.17, 15) is 0 Å². The first-order valence-corrected chi connectivity index (χ1v) is 4.91. The van der Waals surface area contributed by atoms with Crippen LogP contribution in [-0.2, 0) is 6.54 Å². The lowest BCUT2D eigenvalue weighted by Crippen LogP contribution is -2.38. The molecule has 0 N–H and O–H groups in total. The van der Waals surface area contributed by atoms with E-state index in [2.05, 4.69) is 29.1 Å². The summed E-state index contributed by atoms with van der Waals surface area (Å²) in [4.78, 5) is 2.32. The summed E-state index contributed by atoms with van der Waals surface area (Å²) < 4.78 is 2.00. The fourth-order valence-corrected chi connectivity index (χ4v) is 1.52. The largest absolute Gasteiger partial charge is 0.355 e. The molecule has 0 unspecified atom stereocenters. The molecule has 1 saturated heterocycles. The molecule has 2 rings (SSSR count). The maximum atomic E-state index is 4.08. The Morgan fingerprint density at radius 1 is 1.46 bits per heavy atom. The van der Waals surface area contributed by atoms with Gasteiger partial charge in [0.15, 0.2) is 0 Å². The van der Waals surface area contributed by atoms with Crippen LogP contribution >= 0.6 is 0 Å². The summed E-state index contributed by atoms with van der Waals surface area (Å²) in [7, 11) is 0. The van der Waals surface area contributed by atoms with Gasteiger partial charge >= 0.3 is 0 Å². The molecule has 0 aromatic carbocycles. The van der Waals surface area contributed by atoms with Crippen LogP contribution in [-0.4, -0.2) is 28.1 Å². The van der Waals surface area contributed by atoms with Crippen LogP contribution in [0.25, 0.3) is 0 Å². The Labute approximate surface area is 78.5 Å². The van der Waals surface area contributed by atoms with E-state index in [-0.39, 0.29) is 0 Å². The highest BCUT2D eigenvalue weighted by Gasteiger charge is 2.18. The van der Waals surface area contributed by atoms with Gasteiger partial charge in [0.25, 0.3) is 0 Å². The Balaban J connectivity index is 2.10. The second kappa shape index (κ2) is 3.36. The highest BCUT2D eigenvalue weighted by Crippen LogP contribution is 2.19. The molecule has 0 saturated carbocycles. The molecule has 1 aromatic heterocycles. The first kappa shape index (κ1) is 8.53. The standard InChI is InChI=1S/C9H16N4/c1-8(2)7-13-9(6-10-11-13)12-4-3-5-12/h6,8H,3-5,7H2,1-2H3. The van der Waals surface area contributed by atoms with Crippen molar-refractivity contribution in [3.05, 3.63) is 6.20 Å². The lowest BCUT2D eigenvalue weighted by atomic mass is 10.2. The van der Waals surface area contributed by atoms with Gasteiger partial charge in [0.1, 0.15) is 5.82 Å². The average molecular weight is 180 g/mol. The molecule has 0 radical (unpaired) electrons. The number of rotatable bonds is 3. The molecule has 0 atom stereocenters. The minimum atomic E-state index is 0.627. The Morgan fingerprint density at radius 2 is 2.23 bits per heavy atom. The molecule has 0 amide bonds. The first-order valence-electron chi connectivity index (χ1n) is 4.91. The molecule has 2 heterocycles. The SMILES string of the molecule is CC(C)Cn1nncc1N1CCC1. The maximum absolute atomic E-state index is 4.08. The zero-order chi connectivity index (χ0) is 9.26. The van der Waals surface area contributed by atoms with Crippen molar-refractivity contribution in [1.82, 2.24) is 15.0 Å². The summed E-state index contributed by atoms with van der Waals surface area (Å²) in [6.45, 7) is 7.67. The van der Waals surface area contributed by atoms with E-state index < -0.39 is 0 Å². The molecule has 0 bridgehead atoms. The van der Waals surface area contributed by atoms with E-state index in [4.69, 9.17) is 0 Å². The minimum Gasteiger partial charge on any atom is -0.355 e. The van der Waals surface area contributed by atoms with Crippen LogP contribution in [0.5, 0.6) is 0 Å². The molecule has 1 aromatic rings. The predicted molar refractivity (Wildman–Crippen MR) is 51.7 cm³/mol. The fourth-order valence-electron chi connectivity index (χ4n) is 1.52. The van der Waals surface area contributed by atoms with Gasteiger partial charge in [0.2, 0.25) is 0 Å². The third-order valence-corrected chi connectivity index (χ3v) is 2.32. The second-order valence-electron chi connectivity index (χ2n) is 4.01. The van der Waals surface area contributed by atoms with E-state index in [1.165, 1.54) is 12.2 Å². The lowest BCUT2D eigenvalue weighted by molar-refractivity contribution is 0.460. The van der Waals surface area contributed by atoms with E-state index in [1.807, 2.05) is 10.9 Å². The Morgan fingerprint density at radius 3 is 2.77 bits per heavy atom. The third kappa shape index (κ3) is 1.66. The van der Waals surface area contributed by atoms with Gasteiger partial charge in [-0.3, -0.25) is 0 Å². The molecular weight excluding hydrogens is 164 g/mol. The van der Waals surface area contributed by atoms with Crippen LogP contribution in [0.2, 0.25) is 0 Å². The van der Waals surface area contributed by atoms with Gasteiger partial charge in [-0.05, 0) is 12.3 Å². The molecule has 4 heteroatoms. The normalized spacial score (nSPS) is 16.4. The van der Waals surface area contributed by atoms with E-state index >= 15 is 0 Å². The van der Waals surface area contributed by atoms with Gasteiger partial charge in [0, 0.05) is 19.6 Å². The van der Waals surface area contributed by atoms with Crippen LogP contribution in [0.4, 0.5) is 5.82 Å². The summed E-state index contributed by atoms with van der Waals surface area (Å²) in [5.41, 5.74) is 0. The van der Waals surface area contributed by atoms with E-state index in [1.54, 1.807) is 0 Å². The number of aromatic nitrogens is 3. The lowest BCUT2D eigenvalue weighted by Gasteiger charge is -2.32. The molecule has 1 aliphatic rings. The Hall–Kier alpha value is -1.06. The van der Waals surface area contributed by atoms with Gasteiger partial charge in [-0.1, -0.05) is 19.1 Å². The minimum absolute atomic E-state index is 0.627. The Bertz CT molecular complexity index is 275. The van der Waals surface area contributed by atoms with E-state index in [0.717, 1.165) is 19.6 Å². The number of anilines is 1. The van der Waals surface area contributed by atoms with Crippen LogP contribution in [0.1, 0.15) is 20.3 Å². The van der Waals surface area contributed by atoms with Gasteiger partial charge < -0.3 is 4.90 Å². The summed E-state index contributed by atoms with van der Waals surface area (Å²) in [6, 6.07) is 0. The average Bonchev–Trinajstić information content (AvgIpc) is 2.32. The molecule has 72 valence electrons. The molecule has 4 nitrogen and oxygen atoms in total. The second-order valence-corrected chi connectivity index (χ2v) is 4.01. The topological polar surface area (TPSA) is 34.0 Å². The molecule has 0 aliphatic carbocycles. The molecule has 1 aliphatic heterocycles. The fraction of sp³-hybridized carbons (Fsp3) is 0.778. The van der Waals surface area contributed by atoms with Crippen molar-refractivity contribution in [3.63, 3.8) is 0 Å². The van der Waals surface area contributed by atoms with Crippen LogP contribution in [0.15, 0.2) is 6.20 Å². The third-order valence-electron chi connectivity index (χ3n) is 2.32. The number of hydrogen-bond donors (Lipinski definition) is 0. The number of nitrogens with zero attached hydrogens (tertiary/aromatic N) is 4. The molecular formula is C9H16N4. The number of hydrogen-bond acceptors (Lipinski definition) is 3. The van der Waals surface area contributed by atoms with Crippen molar-refractivity contribution >= 4 is 5.82 Å². The van der Waals surface area contributed by atoms with Crippen LogP contribution in [0, 0.1) is 5.92 Å². The summed E-state index contributed by atoms with van der Waals surface area (Å²) in [5.74, 6) is 1.81. The van der Waals surface area contributed by atoms with Gasteiger partial charge in [-0.15, -0.1) is 5.10 Å². The van der Waals surface area contributed by atoms with Gasteiger partial charge in [-0.2, -0.15) is 0 Å². The van der Waals surface area contributed by atoms with Crippen molar-refractivity contribution < 1.29 is 0 Å². The van der Waals surface area contributed by atoms with Crippen molar-refractivity contribution in [2.45, 2.75) is 26.8 Å². The summed E-state index contributed by atoms with van der Waals surface area (Å²) in [6.07, 6.45) is 3.16. The highest BCUT2D eigenvalue weighted by atomic mass is 15.5. The quantitative estimate of drug-likeness (QED) is 0.699. The highest BCUT2D eigenvalue weighted by molar-refractivity contribution is 5.38. The zero-order valence-corrected chi connectivity index (χ0v) is 8.27.